The Morgan fingerprint density at radius 1 is 1.32 bits per heavy atom. The highest BCUT2D eigenvalue weighted by molar-refractivity contribution is 5.95. The van der Waals surface area contributed by atoms with Crippen LogP contribution >= 0.6 is 0 Å². The lowest BCUT2D eigenvalue weighted by molar-refractivity contribution is 0.0894. The summed E-state index contributed by atoms with van der Waals surface area (Å²) in [6, 6.07) is 5.93. The smallest absolute Gasteiger partial charge is 0.251 e. The minimum Gasteiger partial charge on any atom is -0.383 e. The summed E-state index contributed by atoms with van der Waals surface area (Å²) < 4.78 is 5.07. The molecule has 1 amide bonds. The second kappa shape index (κ2) is 9.56. The Bertz CT molecular complexity index is 388. The summed E-state index contributed by atoms with van der Waals surface area (Å²) in [5, 5.41) is 2.98. The number of aryl methyl sites for hydroxylation is 2. The number of hydrogen-bond acceptors (Lipinski definition) is 2. The van der Waals surface area contributed by atoms with E-state index in [1.165, 1.54) is 5.56 Å². The van der Waals surface area contributed by atoms with Crippen LogP contribution in [0.25, 0.3) is 0 Å². The fourth-order valence-corrected chi connectivity index (χ4v) is 1.79. The molecule has 0 aliphatic carbocycles. The Morgan fingerprint density at radius 3 is 2.42 bits per heavy atom. The molecule has 0 aliphatic rings. The highest BCUT2D eigenvalue weighted by atomic mass is 16.5. The average Bonchev–Trinajstić information content (AvgIpc) is 2.40. The molecule has 19 heavy (non-hydrogen) atoms. The topological polar surface area (TPSA) is 38.3 Å². The summed E-state index contributed by atoms with van der Waals surface area (Å²) in [6.45, 7) is 10.6. The van der Waals surface area contributed by atoms with Crippen LogP contribution in [0, 0.1) is 13.8 Å². The molecule has 1 N–H and O–H groups in total. The first-order valence-electron chi connectivity index (χ1n) is 6.95. The Labute approximate surface area is 117 Å². The first-order valence-corrected chi connectivity index (χ1v) is 6.95. The maximum Gasteiger partial charge on any atom is 0.251 e. The van der Waals surface area contributed by atoms with Crippen LogP contribution in [-0.4, -0.2) is 25.7 Å². The van der Waals surface area contributed by atoms with Crippen molar-refractivity contribution in [2.75, 3.05) is 13.7 Å². The van der Waals surface area contributed by atoms with Crippen LogP contribution < -0.4 is 5.32 Å². The van der Waals surface area contributed by atoms with Crippen molar-refractivity contribution in [2.24, 2.45) is 0 Å². The van der Waals surface area contributed by atoms with E-state index in [-0.39, 0.29) is 11.9 Å². The Morgan fingerprint density at radius 2 is 1.95 bits per heavy atom. The number of hydrogen-bond donors (Lipinski definition) is 1. The fourth-order valence-electron chi connectivity index (χ4n) is 1.79. The number of ether oxygens (including phenoxy) is 1. The Hall–Kier alpha value is -1.35. The van der Waals surface area contributed by atoms with Crippen LogP contribution in [0.2, 0.25) is 0 Å². The van der Waals surface area contributed by atoms with Gasteiger partial charge in [-0.05, 0) is 31.9 Å². The molecular weight excluding hydrogens is 238 g/mol. The third-order valence-electron chi connectivity index (χ3n) is 2.82. The van der Waals surface area contributed by atoms with Crippen LogP contribution in [-0.2, 0) is 4.74 Å². The van der Waals surface area contributed by atoms with E-state index in [0.29, 0.717) is 6.61 Å². The summed E-state index contributed by atoms with van der Waals surface area (Å²) in [7, 11) is 1.64. The molecule has 1 atom stereocenters. The standard InChI is InChI=1S/C14H21NO2.C2H6/c1-5-12(9-17-4)15-14(16)13-7-6-10(2)8-11(13)3;1-2/h6-8,12H,5,9H2,1-4H3,(H,15,16);1-2H3. The molecule has 0 aromatic heterocycles. The van der Waals surface area contributed by atoms with E-state index in [2.05, 4.69) is 5.32 Å². The minimum atomic E-state index is -0.0219. The van der Waals surface area contributed by atoms with Gasteiger partial charge in [0.15, 0.2) is 0 Å². The zero-order valence-electron chi connectivity index (χ0n) is 13.0. The first kappa shape index (κ1) is 17.6. The molecule has 1 rings (SSSR count). The third kappa shape index (κ3) is 5.88. The second-order valence-corrected chi connectivity index (χ2v) is 4.35. The van der Waals surface area contributed by atoms with Gasteiger partial charge in [-0.25, -0.2) is 0 Å². The van der Waals surface area contributed by atoms with Gasteiger partial charge < -0.3 is 10.1 Å². The van der Waals surface area contributed by atoms with E-state index in [4.69, 9.17) is 4.74 Å². The van der Waals surface area contributed by atoms with Gasteiger partial charge in [0.2, 0.25) is 0 Å². The van der Waals surface area contributed by atoms with Crippen molar-refractivity contribution in [3.05, 3.63) is 34.9 Å². The van der Waals surface area contributed by atoms with Crippen molar-refractivity contribution < 1.29 is 9.53 Å². The van der Waals surface area contributed by atoms with Crippen LogP contribution in [0.3, 0.4) is 0 Å². The number of nitrogens with one attached hydrogen (secondary N) is 1. The van der Waals surface area contributed by atoms with Gasteiger partial charge in [0.1, 0.15) is 0 Å². The number of benzene rings is 1. The molecule has 0 saturated heterocycles. The molecule has 0 bridgehead atoms. The molecular formula is C16H27NO2. The SMILES string of the molecule is CC.CCC(COC)NC(=O)c1ccc(C)cc1C. The van der Waals surface area contributed by atoms with Gasteiger partial charge in [-0.15, -0.1) is 0 Å². The van der Waals surface area contributed by atoms with Gasteiger partial charge in [0.25, 0.3) is 5.91 Å². The van der Waals surface area contributed by atoms with Gasteiger partial charge in [0, 0.05) is 12.7 Å². The van der Waals surface area contributed by atoms with E-state index in [1.807, 2.05) is 52.8 Å². The predicted octanol–water partition coefficient (Wildman–Crippen LogP) is 3.48. The van der Waals surface area contributed by atoms with E-state index in [0.717, 1.165) is 17.5 Å². The monoisotopic (exact) mass is 265 g/mol. The van der Waals surface area contributed by atoms with Crippen LogP contribution in [0.5, 0.6) is 0 Å². The average molecular weight is 265 g/mol. The van der Waals surface area contributed by atoms with Crippen molar-refractivity contribution >= 4 is 5.91 Å². The lowest BCUT2D eigenvalue weighted by Crippen LogP contribution is -2.37. The molecule has 3 heteroatoms. The van der Waals surface area contributed by atoms with E-state index < -0.39 is 0 Å². The molecule has 0 fully saturated rings. The van der Waals surface area contributed by atoms with Crippen molar-refractivity contribution in [3.63, 3.8) is 0 Å². The molecule has 1 unspecified atom stereocenters. The summed E-state index contributed by atoms with van der Waals surface area (Å²) in [5.41, 5.74) is 2.92. The highest BCUT2D eigenvalue weighted by Gasteiger charge is 2.13. The van der Waals surface area contributed by atoms with Gasteiger partial charge in [-0.3, -0.25) is 4.79 Å². The predicted molar refractivity (Wildman–Crippen MR) is 80.7 cm³/mol. The van der Waals surface area contributed by atoms with Gasteiger partial charge in [-0.1, -0.05) is 38.5 Å². The number of rotatable bonds is 5. The van der Waals surface area contributed by atoms with Crippen LogP contribution in [0.1, 0.15) is 48.7 Å². The Balaban J connectivity index is 0.00000154. The van der Waals surface area contributed by atoms with Crippen molar-refractivity contribution in [1.29, 1.82) is 0 Å². The summed E-state index contributed by atoms with van der Waals surface area (Å²) >= 11 is 0. The van der Waals surface area contributed by atoms with Gasteiger partial charge in [0.05, 0.1) is 12.6 Å². The molecule has 0 heterocycles. The molecule has 0 aliphatic heterocycles. The number of methoxy groups -OCH3 is 1. The zero-order valence-corrected chi connectivity index (χ0v) is 13.0. The zero-order chi connectivity index (χ0) is 14.8. The largest absolute Gasteiger partial charge is 0.383 e. The molecule has 108 valence electrons. The second-order valence-electron chi connectivity index (χ2n) is 4.35. The van der Waals surface area contributed by atoms with Crippen LogP contribution in [0.4, 0.5) is 0 Å². The lowest BCUT2D eigenvalue weighted by atomic mass is 10.0. The molecule has 0 radical (unpaired) electrons. The van der Waals surface area contributed by atoms with Gasteiger partial charge >= 0.3 is 0 Å². The lowest BCUT2D eigenvalue weighted by Gasteiger charge is -2.16. The fraction of sp³-hybridized carbons (Fsp3) is 0.562. The number of carbonyl (C=O) groups excluding carboxylic acids is 1. The van der Waals surface area contributed by atoms with Gasteiger partial charge in [-0.2, -0.15) is 0 Å². The quantitative estimate of drug-likeness (QED) is 0.885. The molecule has 1 aromatic rings. The maximum absolute atomic E-state index is 12.1. The van der Waals surface area contributed by atoms with Crippen molar-refractivity contribution in [1.82, 2.24) is 5.32 Å². The van der Waals surface area contributed by atoms with E-state index in [1.54, 1.807) is 7.11 Å². The maximum atomic E-state index is 12.1. The highest BCUT2D eigenvalue weighted by Crippen LogP contribution is 2.10. The first-order chi connectivity index (χ1) is 9.08. The minimum absolute atomic E-state index is 0.0219. The summed E-state index contributed by atoms with van der Waals surface area (Å²) in [6.07, 6.45) is 0.866. The molecule has 3 nitrogen and oxygen atoms in total. The van der Waals surface area contributed by atoms with Crippen LogP contribution in [0.15, 0.2) is 18.2 Å². The third-order valence-corrected chi connectivity index (χ3v) is 2.82. The summed E-state index contributed by atoms with van der Waals surface area (Å²) in [5.74, 6) is -0.0219. The number of carbonyl (C=O) groups is 1. The molecule has 1 aromatic carbocycles. The number of amides is 1. The summed E-state index contributed by atoms with van der Waals surface area (Å²) in [4.78, 5) is 12.1. The van der Waals surface area contributed by atoms with Crippen molar-refractivity contribution in [3.8, 4) is 0 Å². The normalized spacial score (nSPS) is 11.3. The van der Waals surface area contributed by atoms with E-state index >= 15 is 0 Å². The van der Waals surface area contributed by atoms with E-state index in [9.17, 15) is 4.79 Å². The Kier molecular flexibility index (Phi) is 8.88. The molecule has 0 spiro atoms. The molecule has 0 saturated carbocycles. The van der Waals surface area contributed by atoms with Crippen molar-refractivity contribution in [2.45, 2.75) is 47.1 Å².